The number of carbonyl (C=O) groups is 1. The topological polar surface area (TPSA) is 97.5 Å². The standard InChI is InChI=1S/C21H24Cl2N4O4/c1-21(2,3)31-20(29)26-8-6-14(7-9-26)30-18-11-19(28)27(25-17(18)12-24)13-4-5-15(22)16(23)10-13/h4-5,10-12,14,24H,6-9H2,1-3H3. The molecule has 0 bridgehead atoms. The van der Waals surface area contributed by atoms with Crippen molar-refractivity contribution >= 4 is 35.5 Å². The van der Waals surface area contributed by atoms with Crippen molar-refractivity contribution in [1.82, 2.24) is 14.7 Å². The zero-order chi connectivity index (χ0) is 22.8. The highest BCUT2D eigenvalue weighted by Crippen LogP contribution is 2.25. The van der Waals surface area contributed by atoms with E-state index in [1.807, 2.05) is 20.8 Å². The number of rotatable bonds is 4. The molecular formula is C21H24Cl2N4O4. The average Bonchev–Trinajstić information content (AvgIpc) is 2.69. The van der Waals surface area contributed by atoms with E-state index in [9.17, 15) is 9.59 Å². The van der Waals surface area contributed by atoms with Gasteiger partial charge < -0.3 is 19.8 Å². The number of hydrogen-bond acceptors (Lipinski definition) is 6. The fraction of sp³-hybridized carbons (Fsp3) is 0.429. The van der Waals surface area contributed by atoms with Crippen molar-refractivity contribution < 1.29 is 14.3 Å². The van der Waals surface area contributed by atoms with Crippen molar-refractivity contribution in [2.75, 3.05) is 13.1 Å². The van der Waals surface area contributed by atoms with Crippen LogP contribution in [0.4, 0.5) is 4.79 Å². The zero-order valence-electron chi connectivity index (χ0n) is 17.5. The Morgan fingerprint density at radius 3 is 2.45 bits per heavy atom. The lowest BCUT2D eigenvalue weighted by molar-refractivity contribution is 0.0126. The van der Waals surface area contributed by atoms with Crippen molar-refractivity contribution in [2.45, 2.75) is 45.3 Å². The van der Waals surface area contributed by atoms with Gasteiger partial charge in [-0.3, -0.25) is 4.79 Å². The van der Waals surface area contributed by atoms with Gasteiger partial charge in [-0.1, -0.05) is 23.2 Å². The van der Waals surface area contributed by atoms with E-state index in [-0.39, 0.29) is 23.6 Å². The van der Waals surface area contributed by atoms with E-state index in [1.54, 1.807) is 17.0 Å². The summed E-state index contributed by atoms with van der Waals surface area (Å²) in [6.45, 7) is 6.44. The molecular weight excluding hydrogens is 443 g/mol. The molecule has 8 nitrogen and oxygen atoms in total. The Labute approximate surface area is 190 Å². The summed E-state index contributed by atoms with van der Waals surface area (Å²) in [7, 11) is 0. The Kier molecular flexibility index (Phi) is 6.91. The van der Waals surface area contributed by atoms with Crippen LogP contribution in [-0.4, -0.2) is 51.8 Å². The Hall–Kier alpha value is -2.58. The molecule has 0 aliphatic carbocycles. The van der Waals surface area contributed by atoms with Crippen molar-refractivity contribution in [3.05, 3.63) is 50.4 Å². The summed E-state index contributed by atoms with van der Waals surface area (Å²) < 4.78 is 12.5. The second kappa shape index (κ2) is 9.28. The van der Waals surface area contributed by atoms with Gasteiger partial charge in [-0.15, -0.1) is 0 Å². The number of amides is 1. The molecule has 0 spiro atoms. The highest BCUT2D eigenvalue weighted by Gasteiger charge is 2.28. The van der Waals surface area contributed by atoms with Gasteiger partial charge in [0.2, 0.25) is 0 Å². The number of carbonyl (C=O) groups excluding carboxylic acids is 1. The molecule has 1 fully saturated rings. The maximum absolute atomic E-state index is 12.6. The molecule has 1 aliphatic rings. The first-order chi connectivity index (χ1) is 14.6. The monoisotopic (exact) mass is 466 g/mol. The molecule has 1 aromatic carbocycles. The van der Waals surface area contributed by atoms with Crippen molar-refractivity contribution in [2.24, 2.45) is 0 Å². The van der Waals surface area contributed by atoms with E-state index in [4.69, 9.17) is 38.1 Å². The van der Waals surface area contributed by atoms with Crippen LogP contribution >= 0.6 is 23.2 Å². The minimum absolute atomic E-state index is 0.209. The van der Waals surface area contributed by atoms with Gasteiger partial charge in [-0.05, 0) is 39.0 Å². The molecule has 166 valence electrons. The van der Waals surface area contributed by atoms with Crippen LogP contribution in [0.15, 0.2) is 29.1 Å². The third kappa shape index (κ3) is 5.77. The lowest BCUT2D eigenvalue weighted by Crippen LogP contribution is -2.44. The largest absolute Gasteiger partial charge is 0.488 e. The summed E-state index contributed by atoms with van der Waals surface area (Å²) in [6, 6.07) is 6.01. The second-order valence-electron chi connectivity index (χ2n) is 8.17. The first-order valence-corrected chi connectivity index (χ1v) is 10.6. The van der Waals surface area contributed by atoms with Gasteiger partial charge in [-0.25, -0.2) is 4.79 Å². The van der Waals surface area contributed by atoms with E-state index >= 15 is 0 Å². The van der Waals surface area contributed by atoms with Gasteiger partial charge in [0.25, 0.3) is 5.56 Å². The number of ether oxygens (including phenoxy) is 2. The minimum atomic E-state index is -0.548. The Balaban J connectivity index is 1.72. The maximum atomic E-state index is 12.6. The number of benzene rings is 1. The molecule has 0 atom stereocenters. The van der Waals surface area contributed by atoms with Gasteiger partial charge >= 0.3 is 6.09 Å². The number of likely N-dealkylation sites (tertiary alicyclic amines) is 1. The molecule has 10 heteroatoms. The number of nitrogens with zero attached hydrogens (tertiary/aromatic N) is 3. The zero-order valence-corrected chi connectivity index (χ0v) is 19.0. The van der Waals surface area contributed by atoms with Crippen molar-refractivity contribution in [3.63, 3.8) is 0 Å². The van der Waals surface area contributed by atoms with Gasteiger partial charge in [0.15, 0.2) is 5.75 Å². The number of aromatic nitrogens is 2. The molecule has 2 aromatic rings. The lowest BCUT2D eigenvalue weighted by Gasteiger charge is -2.33. The normalized spacial score (nSPS) is 14.9. The van der Waals surface area contributed by atoms with E-state index < -0.39 is 11.2 Å². The van der Waals surface area contributed by atoms with Crippen LogP contribution in [0.1, 0.15) is 39.3 Å². The third-order valence-corrected chi connectivity index (χ3v) is 5.33. The van der Waals surface area contributed by atoms with E-state index in [1.165, 1.54) is 12.1 Å². The molecule has 0 radical (unpaired) electrons. The fourth-order valence-electron chi connectivity index (χ4n) is 3.11. The first-order valence-electron chi connectivity index (χ1n) is 9.82. The summed E-state index contributed by atoms with van der Waals surface area (Å²) >= 11 is 12.0. The van der Waals surface area contributed by atoms with Gasteiger partial charge in [0.1, 0.15) is 17.4 Å². The van der Waals surface area contributed by atoms with Crippen LogP contribution in [0.2, 0.25) is 10.0 Å². The van der Waals surface area contributed by atoms with Crippen LogP contribution in [0, 0.1) is 5.41 Å². The molecule has 0 saturated carbocycles. The SMILES string of the molecule is CC(C)(C)OC(=O)N1CCC(Oc2cc(=O)n(-c3ccc(Cl)c(Cl)c3)nc2C=N)CC1. The Bertz CT molecular complexity index is 1040. The lowest BCUT2D eigenvalue weighted by atomic mass is 10.1. The maximum Gasteiger partial charge on any atom is 0.410 e. The molecule has 1 N–H and O–H groups in total. The summed E-state index contributed by atoms with van der Waals surface area (Å²) in [6.07, 6.45) is 1.62. The smallest absolute Gasteiger partial charge is 0.410 e. The number of nitrogens with one attached hydrogen (secondary N) is 1. The Morgan fingerprint density at radius 1 is 1.19 bits per heavy atom. The first kappa shape index (κ1) is 23.1. The van der Waals surface area contributed by atoms with Crippen molar-refractivity contribution in [1.29, 1.82) is 5.41 Å². The van der Waals surface area contributed by atoms with Gasteiger partial charge in [0.05, 0.1) is 15.7 Å². The Morgan fingerprint density at radius 2 is 1.87 bits per heavy atom. The second-order valence-corrected chi connectivity index (χ2v) is 8.99. The molecule has 3 rings (SSSR count). The number of piperidine rings is 1. The summed E-state index contributed by atoms with van der Waals surface area (Å²) in [4.78, 5) is 26.5. The van der Waals surface area contributed by atoms with E-state index in [0.29, 0.717) is 41.7 Å². The highest BCUT2D eigenvalue weighted by molar-refractivity contribution is 6.42. The fourth-order valence-corrected chi connectivity index (χ4v) is 3.40. The van der Waals surface area contributed by atoms with E-state index in [0.717, 1.165) is 10.9 Å². The van der Waals surface area contributed by atoms with Crippen LogP contribution in [0.5, 0.6) is 5.75 Å². The minimum Gasteiger partial charge on any atom is -0.488 e. The number of halogens is 2. The number of hydrogen-bond donors (Lipinski definition) is 1. The molecule has 1 aliphatic heterocycles. The molecule has 0 unspecified atom stereocenters. The summed E-state index contributed by atoms with van der Waals surface area (Å²) in [5.74, 6) is 0.229. The molecule has 1 amide bonds. The molecule has 2 heterocycles. The average molecular weight is 467 g/mol. The molecule has 31 heavy (non-hydrogen) atoms. The van der Waals surface area contributed by atoms with Crippen LogP contribution in [0.25, 0.3) is 5.69 Å². The predicted octanol–water partition coefficient (Wildman–Crippen LogP) is 4.32. The highest BCUT2D eigenvalue weighted by atomic mass is 35.5. The van der Waals surface area contributed by atoms with Gasteiger partial charge in [0, 0.05) is 38.2 Å². The predicted molar refractivity (Wildman–Crippen MR) is 119 cm³/mol. The van der Waals surface area contributed by atoms with Crippen LogP contribution in [0.3, 0.4) is 0 Å². The van der Waals surface area contributed by atoms with Gasteiger partial charge in [-0.2, -0.15) is 9.78 Å². The molecule has 1 aromatic heterocycles. The summed E-state index contributed by atoms with van der Waals surface area (Å²) in [5, 5.41) is 12.6. The van der Waals surface area contributed by atoms with Crippen LogP contribution in [-0.2, 0) is 4.74 Å². The molecule has 1 saturated heterocycles. The quantitative estimate of drug-likeness (QED) is 0.676. The van der Waals surface area contributed by atoms with E-state index in [2.05, 4.69) is 5.10 Å². The van der Waals surface area contributed by atoms with Crippen LogP contribution < -0.4 is 10.3 Å². The summed E-state index contributed by atoms with van der Waals surface area (Å²) in [5.41, 5.74) is -0.335. The third-order valence-electron chi connectivity index (χ3n) is 4.60. The van der Waals surface area contributed by atoms with Crippen molar-refractivity contribution in [3.8, 4) is 11.4 Å².